The maximum atomic E-state index is 13.3. The highest BCUT2D eigenvalue weighted by Gasteiger charge is 2.43. The molecule has 3 aromatic rings. The third-order valence-corrected chi connectivity index (χ3v) is 5.98. The average molecular weight is 437 g/mol. The van der Waals surface area contributed by atoms with Crippen molar-refractivity contribution in [3.63, 3.8) is 0 Å². The summed E-state index contributed by atoms with van der Waals surface area (Å²) in [6, 6.07) is 20.4. The van der Waals surface area contributed by atoms with Gasteiger partial charge in [0.05, 0.1) is 11.8 Å². The third-order valence-electron chi connectivity index (χ3n) is 5.49. The molecule has 0 N–H and O–H groups in total. The van der Waals surface area contributed by atoms with E-state index in [4.69, 9.17) is 33.0 Å². The summed E-state index contributed by atoms with van der Waals surface area (Å²) in [5.41, 5.74) is 4.61. The van der Waals surface area contributed by atoms with Crippen LogP contribution in [0.15, 0.2) is 71.8 Å². The van der Waals surface area contributed by atoms with Crippen LogP contribution in [0, 0.1) is 6.92 Å². The number of Topliss-reactive ketones (excluding diaryl/α,β-unsaturated/α-hetero) is 1. The van der Waals surface area contributed by atoms with Gasteiger partial charge in [-0.3, -0.25) is 4.79 Å². The topological polar surface area (TPSA) is 41.9 Å². The van der Waals surface area contributed by atoms with Crippen molar-refractivity contribution in [3.8, 4) is 5.75 Å². The number of hydrazone groups is 1. The SMILES string of the molecule is Cc1ccc(C2=NN3[C@H](C(=O)c4ccc(Cl)cc4)Oc4ccc(Cl)cc4[C@@H]3C2)cc1. The maximum Gasteiger partial charge on any atom is 0.251 e. The van der Waals surface area contributed by atoms with E-state index >= 15 is 0 Å². The van der Waals surface area contributed by atoms with Gasteiger partial charge in [0.15, 0.2) is 0 Å². The Morgan fingerprint density at radius 3 is 2.43 bits per heavy atom. The van der Waals surface area contributed by atoms with Gasteiger partial charge >= 0.3 is 0 Å². The Bertz CT molecular complexity index is 1160. The minimum absolute atomic E-state index is 0.120. The fourth-order valence-corrected chi connectivity index (χ4v) is 4.21. The van der Waals surface area contributed by atoms with Crippen molar-refractivity contribution in [2.75, 3.05) is 0 Å². The summed E-state index contributed by atoms with van der Waals surface area (Å²) in [7, 11) is 0. The normalized spacial score (nSPS) is 19.6. The van der Waals surface area contributed by atoms with Crippen molar-refractivity contribution in [3.05, 3.63) is 99.0 Å². The first kappa shape index (κ1) is 19.2. The van der Waals surface area contributed by atoms with Gasteiger partial charge in [0.2, 0.25) is 5.78 Å². The summed E-state index contributed by atoms with van der Waals surface area (Å²) in [4.78, 5) is 13.3. The molecule has 0 saturated carbocycles. The Kier molecular flexibility index (Phi) is 4.76. The minimum Gasteiger partial charge on any atom is -0.461 e. The molecule has 6 heteroatoms. The highest BCUT2D eigenvalue weighted by atomic mass is 35.5. The molecule has 0 unspecified atom stereocenters. The average Bonchev–Trinajstić information content (AvgIpc) is 3.19. The van der Waals surface area contributed by atoms with Crippen LogP contribution >= 0.6 is 23.2 Å². The molecule has 4 nitrogen and oxygen atoms in total. The summed E-state index contributed by atoms with van der Waals surface area (Å²) in [6.45, 7) is 2.05. The lowest BCUT2D eigenvalue weighted by molar-refractivity contribution is -0.00455. The number of aryl methyl sites for hydroxylation is 1. The molecule has 2 heterocycles. The summed E-state index contributed by atoms with van der Waals surface area (Å²) in [5.74, 6) is 0.500. The molecule has 0 aromatic heterocycles. The molecule has 30 heavy (non-hydrogen) atoms. The fourth-order valence-electron chi connectivity index (χ4n) is 3.91. The smallest absolute Gasteiger partial charge is 0.251 e. The largest absolute Gasteiger partial charge is 0.461 e. The van der Waals surface area contributed by atoms with Crippen LogP contribution in [0.3, 0.4) is 0 Å². The molecule has 0 radical (unpaired) electrons. The van der Waals surface area contributed by atoms with Gasteiger partial charge in [-0.05, 0) is 55.0 Å². The zero-order valence-corrected chi connectivity index (χ0v) is 17.7. The molecule has 0 spiro atoms. The quantitative estimate of drug-likeness (QED) is 0.468. The van der Waals surface area contributed by atoms with Crippen LogP contribution in [-0.2, 0) is 0 Å². The third kappa shape index (κ3) is 3.36. The molecule has 2 aliphatic rings. The van der Waals surface area contributed by atoms with Crippen LogP contribution in [0.4, 0.5) is 0 Å². The molecular formula is C24H18Cl2N2O2. The van der Waals surface area contributed by atoms with Crippen molar-refractivity contribution in [1.29, 1.82) is 0 Å². The van der Waals surface area contributed by atoms with Crippen molar-refractivity contribution in [1.82, 2.24) is 5.01 Å². The van der Waals surface area contributed by atoms with Crippen molar-refractivity contribution in [2.45, 2.75) is 25.6 Å². The van der Waals surface area contributed by atoms with Gasteiger partial charge in [-0.15, -0.1) is 0 Å². The number of hydrogen-bond donors (Lipinski definition) is 0. The molecule has 0 aliphatic carbocycles. The predicted molar refractivity (Wildman–Crippen MR) is 119 cm³/mol. The number of benzene rings is 3. The number of carbonyl (C=O) groups excluding carboxylic acids is 1. The second kappa shape index (κ2) is 7.46. The monoisotopic (exact) mass is 436 g/mol. The Morgan fingerprint density at radius 1 is 1.00 bits per heavy atom. The van der Waals surface area contributed by atoms with Gasteiger partial charge in [-0.25, -0.2) is 5.01 Å². The second-order valence-electron chi connectivity index (χ2n) is 7.54. The molecular weight excluding hydrogens is 419 g/mol. The molecule has 150 valence electrons. The molecule has 5 rings (SSSR count). The van der Waals surface area contributed by atoms with Gasteiger partial charge in [-0.2, -0.15) is 5.10 Å². The van der Waals surface area contributed by atoms with Crippen molar-refractivity contribution < 1.29 is 9.53 Å². The highest BCUT2D eigenvalue weighted by molar-refractivity contribution is 6.31. The highest BCUT2D eigenvalue weighted by Crippen LogP contribution is 2.44. The maximum absolute atomic E-state index is 13.3. The first-order valence-corrected chi connectivity index (χ1v) is 10.4. The van der Waals surface area contributed by atoms with Crippen molar-refractivity contribution in [2.24, 2.45) is 5.10 Å². The van der Waals surface area contributed by atoms with Gasteiger partial charge in [0.25, 0.3) is 6.23 Å². The van der Waals surface area contributed by atoms with E-state index in [1.807, 2.05) is 12.1 Å². The first-order valence-electron chi connectivity index (χ1n) is 9.68. The number of ketones is 1. The number of ether oxygens (including phenoxy) is 1. The van der Waals surface area contributed by atoms with Crippen LogP contribution < -0.4 is 4.74 Å². The number of nitrogens with zero attached hydrogens (tertiary/aromatic N) is 2. The summed E-state index contributed by atoms with van der Waals surface area (Å²) < 4.78 is 6.13. The lowest BCUT2D eigenvalue weighted by atomic mass is 9.95. The van der Waals surface area contributed by atoms with E-state index in [1.54, 1.807) is 35.3 Å². The fraction of sp³-hybridized carbons (Fsp3) is 0.167. The number of fused-ring (bicyclic) bond motifs is 3. The zero-order valence-electron chi connectivity index (χ0n) is 16.2. The summed E-state index contributed by atoms with van der Waals surface area (Å²) in [5, 5.41) is 7.79. The lowest BCUT2D eigenvalue weighted by Crippen LogP contribution is -2.45. The number of rotatable bonds is 3. The second-order valence-corrected chi connectivity index (χ2v) is 8.41. The van der Waals surface area contributed by atoms with Crippen LogP contribution in [0.25, 0.3) is 0 Å². The lowest BCUT2D eigenvalue weighted by Gasteiger charge is -2.37. The molecule has 0 saturated heterocycles. The van der Waals surface area contributed by atoms with Crippen LogP contribution in [-0.4, -0.2) is 22.7 Å². The molecule has 0 amide bonds. The molecule has 0 bridgehead atoms. The number of halogens is 2. The van der Waals surface area contributed by atoms with Gasteiger partial charge in [-0.1, -0.05) is 53.0 Å². The van der Waals surface area contributed by atoms with Crippen LogP contribution in [0.2, 0.25) is 10.0 Å². The van der Waals surface area contributed by atoms with Gasteiger partial charge < -0.3 is 4.74 Å². The van der Waals surface area contributed by atoms with Crippen LogP contribution in [0.5, 0.6) is 5.75 Å². The van der Waals surface area contributed by atoms with E-state index in [0.29, 0.717) is 27.8 Å². The zero-order chi connectivity index (χ0) is 20.8. The van der Waals surface area contributed by atoms with E-state index in [2.05, 4.69) is 31.2 Å². The Labute approximate surface area is 184 Å². The van der Waals surface area contributed by atoms with Gasteiger partial charge in [0, 0.05) is 27.6 Å². The molecule has 2 atom stereocenters. The van der Waals surface area contributed by atoms with E-state index in [1.165, 1.54) is 5.56 Å². The van der Waals surface area contributed by atoms with E-state index < -0.39 is 6.23 Å². The Balaban J connectivity index is 1.57. The molecule has 2 aliphatic heterocycles. The standard InChI is InChI=1S/C24H18Cl2N2O2/c1-14-2-4-15(5-3-14)20-13-21-19-12-18(26)10-11-22(19)30-24(28(21)27-20)23(29)16-6-8-17(25)9-7-16/h2-12,21,24H,13H2,1H3/t21-,24-/m0/s1. The number of hydrogen-bond acceptors (Lipinski definition) is 4. The summed E-state index contributed by atoms with van der Waals surface area (Å²) >= 11 is 12.2. The predicted octanol–water partition coefficient (Wildman–Crippen LogP) is 6.05. The van der Waals surface area contributed by atoms with E-state index in [0.717, 1.165) is 16.8 Å². The van der Waals surface area contributed by atoms with E-state index in [-0.39, 0.29) is 11.8 Å². The summed E-state index contributed by atoms with van der Waals surface area (Å²) in [6.07, 6.45) is -0.183. The van der Waals surface area contributed by atoms with Crippen molar-refractivity contribution >= 4 is 34.7 Å². The van der Waals surface area contributed by atoms with E-state index in [9.17, 15) is 4.79 Å². The molecule has 3 aromatic carbocycles. The van der Waals surface area contributed by atoms with Crippen LogP contribution in [0.1, 0.15) is 39.5 Å². The number of carbonyl (C=O) groups is 1. The first-order chi connectivity index (χ1) is 14.5. The molecule has 0 fully saturated rings. The Hall–Kier alpha value is -2.82. The minimum atomic E-state index is -0.854. The Morgan fingerprint density at radius 2 is 1.70 bits per heavy atom. The van der Waals surface area contributed by atoms with Gasteiger partial charge in [0.1, 0.15) is 5.75 Å².